The Morgan fingerprint density at radius 2 is 2.07 bits per heavy atom. The molecule has 1 rings (SSSR count). The number of hydrogen-bond acceptors (Lipinski definition) is 3. The molecular weight excluding hydrogens is 222 g/mol. The number of halogens is 1. The van der Waals surface area contributed by atoms with E-state index in [1.807, 2.05) is 0 Å². The van der Waals surface area contributed by atoms with Crippen molar-refractivity contribution in [2.24, 2.45) is 0 Å². The summed E-state index contributed by atoms with van der Waals surface area (Å²) in [6.07, 6.45) is 0.564. The van der Waals surface area contributed by atoms with Crippen molar-refractivity contribution in [3.63, 3.8) is 0 Å². The molecule has 0 aliphatic carbocycles. The molecule has 0 saturated carbocycles. The lowest BCUT2D eigenvalue weighted by atomic mass is 10.3. The molecule has 0 aliphatic rings. The average molecular weight is 234 g/mol. The molecule has 3 nitrogen and oxygen atoms in total. The minimum absolute atomic E-state index is 0.0948. The Labute approximate surface area is 88.8 Å². The largest absolute Gasteiger partial charge is 0.396 e. The number of hydrogen-bond donors (Lipinski definition) is 1. The fourth-order valence-electron chi connectivity index (χ4n) is 1.17. The molecule has 0 atom stereocenters. The Bertz CT molecular complexity index is 428. The number of nitrogens with two attached hydrogens (primary N) is 1. The highest BCUT2D eigenvalue weighted by molar-refractivity contribution is 7.91. The van der Waals surface area contributed by atoms with E-state index in [9.17, 15) is 8.42 Å². The first-order valence-corrected chi connectivity index (χ1v) is 6.29. The Morgan fingerprint density at radius 1 is 1.43 bits per heavy atom. The number of sulfone groups is 1. The van der Waals surface area contributed by atoms with Crippen LogP contribution in [0.2, 0.25) is 5.02 Å². The Morgan fingerprint density at radius 3 is 2.64 bits per heavy atom. The molecule has 0 radical (unpaired) electrons. The van der Waals surface area contributed by atoms with Crippen molar-refractivity contribution in [1.82, 2.24) is 0 Å². The normalized spacial score (nSPS) is 11.6. The maximum Gasteiger partial charge on any atom is 0.180 e. The van der Waals surface area contributed by atoms with Crippen LogP contribution >= 0.6 is 11.6 Å². The lowest BCUT2D eigenvalue weighted by Crippen LogP contribution is -2.08. The molecule has 0 saturated heterocycles. The number of para-hydroxylation sites is 1. The highest BCUT2D eigenvalue weighted by Crippen LogP contribution is 2.27. The minimum atomic E-state index is -3.27. The van der Waals surface area contributed by atoms with Gasteiger partial charge in [-0.2, -0.15) is 0 Å². The smallest absolute Gasteiger partial charge is 0.180 e. The summed E-state index contributed by atoms with van der Waals surface area (Å²) >= 11 is 5.73. The van der Waals surface area contributed by atoms with Crippen LogP contribution in [-0.4, -0.2) is 14.2 Å². The standard InChI is InChI=1S/C9H12ClNO2S/c1-2-6-14(12,13)8-5-3-4-7(10)9(8)11/h3-5H,2,6,11H2,1H3. The maximum absolute atomic E-state index is 11.7. The molecule has 14 heavy (non-hydrogen) atoms. The van der Waals surface area contributed by atoms with Gasteiger partial charge >= 0.3 is 0 Å². The Kier molecular flexibility index (Phi) is 3.39. The molecule has 2 N–H and O–H groups in total. The SMILES string of the molecule is CCCS(=O)(=O)c1cccc(Cl)c1N. The van der Waals surface area contributed by atoms with Gasteiger partial charge in [0, 0.05) is 0 Å². The Hall–Kier alpha value is -0.740. The van der Waals surface area contributed by atoms with Gasteiger partial charge in [-0.1, -0.05) is 24.6 Å². The van der Waals surface area contributed by atoms with Gasteiger partial charge in [0.1, 0.15) is 0 Å². The molecule has 0 fully saturated rings. The van der Waals surface area contributed by atoms with Crippen LogP contribution in [0.3, 0.4) is 0 Å². The second kappa shape index (κ2) is 4.19. The molecule has 0 heterocycles. The molecule has 78 valence electrons. The minimum Gasteiger partial charge on any atom is -0.396 e. The van der Waals surface area contributed by atoms with Crippen LogP contribution in [-0.2, 0) is 9.84 Å². The molecule has 0 aromatic heterocycles. The quantitative estimate of drug-likeness (QED) is 0.814. The van der Waals surface area contributed by atoms with E-state index in [0.29, 0.717) is 6.42 Å². The lowest BCUT2D eigenvalue weighted by molar-refractivity contribution is 0.595. The molecule has 0 aliphatic heterocycles. The third-order valence-corrected chi connectivity index (χ3v) is 4.12. The molecule has 1 aromatic rings. The number of benzene rings is 1. The van der Waals surface area contributed by atoms with Crippen LogP contribution in [0.4, 0.5) is 5.69 Å². The third-order valence-electron chi connectivity index (χ3n) is 1.82. The van der Waals surface area contributed by atoms with Gasteiger partial charge in [-0.15, -0.1) is 0 Å². The average Bonchev–Trinajstić information content (AvgIpc) is 2.09. The highest BCUT2D eigenvalue weighted by atomic mass is 35.5. The maximum atomic E-state index is 11.7. The monoisotopic (exact) mass is 233 g/mol. The van der Waals surface area contributed by atoms with E-state index in [2.05, 4.69) is 0 Å². The third kappa shape index (κ3) is 2.19. The first-order chi connectivity index (χ1) is 6.49. The van der Waals surface area contributed by atoms with Crippen LogP contribution < -0.4 is 5.73 Å². The fourth-order valence-corrected chi connectivity index (χ4v) is 2.89. The van der Waals surface area contributed by atoms with Gasteiger partial charge in [0.2, 0.25) is 0 Å². The van der Waals surface area contributed by atoms with Gasteiger partial charge in [0.05, 0.1) is 21.4 Å². The summed E-state index contributed by atoms with van der Waals surface area (Å²) in [5, 5.41) is 0.280. The van der Waals surface area contributed by atoms with Gasteiger partial charge in [-0.3, -0.25) is 0 Å². The predicted molar refractivity (Wildman–Crippen MR) is 58.2 cm³/mol. The topological polar surface area (TPSA) is 60.2 Å². The van der Waals surface area contributed by atoms with E-state index in [1.165, 1.54) is 6.07 Å². The molecule has 0 amide bonds. The summed E-state index contributed by atoms with van der Waals surface area (Å²) in [5.41, 5.74) is 5.73. The van der Waals surface area contributed by atoms with Gasteiger partial charge in [-0.25, -0.2) is 8.42 Å². The zero-order valence-corrected chi connectivity index (χ0v) is 9.40. The van der Waals surface area contributed by atoms with E-state index in [0.717, 1.165) is 0 Å². The van der Waals surface area contributed by atoms with Crippen molar-refractivity contribution < 1.29 is 8.42 Å². The highest BCUT2D eigenvalue weighted by Gasteiger charge is 2.17. The van der Waals surface area contributed by atoms with Crippen LogP contribution in [0.25, 0.3) is 0 Å². The zero-order chi connectivity index (χ0) is 10.8. The first kappa shape index (κ1) is 11.3. The molecule has 0 unspecified atom stereocenters. The van der Waals surface area contributed by atoms with Crippen molar-refractivity contribution >= 4 is 27.1 Å². The van der Waals surface area contributed by atoms with E-state index >= 15 is 0 Å². The van der Waals surface area contributed by atoms with Crippen molar-refractivity contribution in [3.05, 3.63) is 23.2 Å². The summed E-state index contributed by atoms with van der Waals surface area (Å²) in [6.45, 7) is 1.80. The first-order valence-electron chi connectivity index (χ1n) is 4.25. The van der Waals surface area contributed by atoms with Crippen LogP contribution in [0.5, 0.6) is 0 Å². The fraction of sp³-hybridized carbons (Fsp3) is 0.333. The number of anilines is 1. The van der Waals surface area contributed by atoms with E-state index in [1.54, 1.807) is 19.1 Å². The zero-order valence-electron chi connectivity index (χ0n) is 7.83. The second-order valence-corrected chi connectivity index (χ2v) is 5.46. The number of nitrogen functional groups attached to an aromatic ring is 1. The van der Waals surface area contributed by atoms with Gasteiger partial charge in [0.25, 0.3) is 0 Å². The van der Waals surface area contributed by atoms with Crippen LogP contribution in [0, 0.1) is 0 Å². The predicted octanol–water partition coefficient (Wildman–Crippen LogP) is 2.11. The van der Waals surface area contributed by atoms with Crippen molar-refractivity contribution in [3.8, 4) is 0 Å². The molecular formula is C9H12ClNO2S. The van der Waals surface area contributed by atoms with E-state index < -0.39 is 9.84 Å². The van der Waals surface area contributed by atoms with E-state index in [4.69, 9.17) is 17.3 Å². The molecule has 5 heteroatoms. The summed E-state index contributed by atoms with van der Waals surface area (Å²) in [5.74, 6) is 0.0948. The summed E-state index contributed by atoms with van der Waals surface area (Å²) < 4.78 is 23.3. The van der Waals surface area contributed by atoms with Crippen molar-refractivity contribution in [2.75, 3.05) is 11.5 Å². The van der Waals surface area contributed by atoms with Gasteiger partial charge < -0.3 is 5.73 Å². The van der Waals surface area contributed by atoms with Gasteiger partial charge in [-0.05, 0) is 18.6 Å². The second-order valence-electron chi connectivity index (χ2n) is 2.97. The summed E-state index contributed by atoms with van der Waals surface area (Å²) in [4.78, 5) is 0.131. The molecule has 1 aromatic carbocycles. The summed E-state index contributed by atoms with van der Waals surface area (Å²) in [7, 11) is -3.27. The van der Waals surface area contributed by atoms with Crippen molar-refractivity contribution in [1.29, 1.82) is 0 Å². The Balaban J connectivity index is 3.27. The van der Waals surface area contributed by atoms with Crippen LogP contribution in [0.15, 0.2) is 23.1 Å². The van der Waals surface area contributed by atoms with Crippen molar-refractivity contribution in [2.45, 2.75) is 18.2 Å². The summed E-state index contributed by atoms with van der Waals surface area (Å²) in [6, 6.07) is 4.63. The lowest BCUT2D eigenvalue weighted by Gasteiger charge is -2.07. The number of rotatable bonds is 3. The van der Waals surface area contributed by atoms with Gasteiger partial charge in [0.15, 0.2) is 9.84 Å². The molecule has 0 bridgehead atoms. The van der Waals surface area contributed by atoms with E-state index in [-0.39, 0.29) is 21.4 Å². The van der Waals surface area contributed by atoms with Crippen LogP contribution in [0.1, 0.15) is 13.3 Å². The molecule has 0 spiro atoms.